The number of aromatic nitrogens is 1. The van der Waals surface area contributed by atoms with E-state index in [9.17, 15) is 0 Å². The molecule has 0 saturated heterocycles. The Morgan fingerprint density at radius 2 is 2.00 bits per heavy atom. The minimum atomic E-state index is 0.429. The van der Waals surface area contributed by atoms with Crippen LogP contribution in [0.2, 0.25) is 0 Å². The van der Waals surface area contributed by atoms with Crippen LogP contribution in [0, 0.1) is 11.3 Å². The van der Waals surface area contributed by atoms with Crippen LogP contribution in [-0.4, -0.2) is 4.98 Å². The molecule has 1 aromatic carbocycles. The molecule has 0 atom stereocenters. The highest BCUT2D eigenvalue weighted by molar-refractivity contribution is 5.46. The SMILES string of the molecule is N#Cc1cc(NCc2ccccc2)ccn1. The third kappa shape index (κ3) is 2.58. The third-order valence-electron chi connectivity index (χ3n) is 2.21. The van der Waals surface area contributed by atoms with Gasteiger partial charge in [-0.3, -0.25) is 0 Å². The molecule has 2 rings (SSSR count). The van der Waals surface area contributed by atoms with Crippen molar-refractivity contribution in [3.8, 4) is 6.07 Å². The standard InChI is InChI=1S/C13H11N3/c14-9-13-8-12(6-7-15-13)16-10-11-4-2-1-3-5-11/h1-8H,10H2,(H,15,16). The smallest absolute Gasteiger partial charge is 0.142 e. The molecular weight excluding hydrogens is 198 g/mol. The third-order valence-corrected chi connectivity index (χ3v) is 2.21. The van der Waals surface area contributed by atoms with Crippen molar-refractivity contribution in [2.75, 3.05) is 5.32 Å². The molecule has 3 nitrogen and oxygen atoms in total. The topological polar surface area (TPSA) is 48.7 Å². The molecule has 0 aliphatic carbocycles. The predicted octanol–water partition coefficient (Wildman–Crippen LogP) is 2.57. The van der Waals surface area contributed by atoms with Gasteiger partial charge >= 0.3 is 0 Å². The monoisotopic (exact) mass is 209 g/mol. The van der Waals surface area contributed by atoms with Crippen molar-refractivity contribution in [1.82, 2.24) is 4.98 Å². The Kier molecular flexibility index (Phi) is 3.15. The summed E-state index contributed by atoms with van der Waals surface area (Å²) in [7, 11) is 0. The van der Waals surface area contributed by atoms with Gasteiger partial charge in [0.15, 0.2) is 0 Å². The van der Waals surface area contributed by atoms with Crippen LogP contribution < -0.4 is 5.32 Å². The average Bonchev–Trinajstić information content (AvgIpc) is 2.38. The molecule has 2 aromatic rings. The van der Waals surface area contributed by atoms with Gasteiger partial charge in [0.1, 0.15) is 11.8 Å². The molecule has 0 fully saturated rings. The van der Waals surface area contributed by atoms with E-state index >= 15 is 0 Å². The molecule has 1 aromatic heterocycles. The maximum absolute atomic E-state index is 8.71. The van der Waals surface area contributed by atoms with Gasteiger partial charge in [-0.05, 0) is 17.7 Å². The number of nitrogens with one attached hydrogen (secondary N) is 1. The van der Waals surface area contributed by atoms with Crippen LogP contribution in [0.4, 0.5) is 5.69 Å². The molecule has 0 radical (unpaired) electrons. The highest BCUT2D eigenvalue weighted by atomic mass is 14.9. The second-order valence-electron chi connectivity index (χ2n) is 3.38. The molecule has 0 bridgehead atoms. The second kappa shape index (κ2) is 4.94. The molecule has 0 aliphatic heterocycles. The Labute approximate surface area is 94.4 Å². The summed E-state index contributed by atoms with van der Waals surface area (Å²) in [6.45, 7) is 0.746. The van der Waals surface area contributed by atoms with Crippen LogP contribution in [0.3, 0.4) is 0 Å². The fourth-order valence-electron chi connectivity index (χ4n) is 1.40. The van der Waals surface area contributed by atoms with E-state index in [-0.39, 0.29) is 0 Å². The second-order valence-corrected chi connectivity index (χ2v) is 3.38. The van der Waals surface area contributed by atoms with E-state index in [4.69, 9.17) is 5.26 Å². The quantitative estimate of drug-likeness (QED) is 0.845. The molecule has 78 valence electrons. The summed E-state index contributed by atoms with van der Waals surface area (Å²) in [4.78, 5) is 3.91. The van der Waals surface area contributed by atoms with Crippen molar-refractivity contribution < 1.29 is 0 Å². The van der Waals surface area contributed by atoms with Crippen LogP contribution >= 0.6 is 0 Å². The van der Waals surface area contributed by atoms with Gasteiger partial charge in [-0.1, -0.05) is 30.3 Å². The maximum Gasteiger partial charge on any atom is 0.142 e. The lowest BCUT2D eigenvalue weighted by atomic mass is 10.2. The van der Waals surface area contributed by atoms with Crippen molar-refractivity contribution in [2.45, 2.75) is 6.54 Å². The van der Waals surface area contributed by atoms with Crippen molar-refractivity contribution >= 4 is 5.69 Å². The van der Waals surface area contributed by atoms with E-state index in [1.54, 1.807) is 12.3 Å². The zero-order valence-electron chi connectivity index (χ0n) is 8.72. The van der Waals surface area contributed by atoms with Crippen LogP contribution in [0.1, 0.15) is 11.3 Å². The number of nitrogens with zero attached hydrogens (tertiary/aromatic N) is 2. The van der Waals surface area contributed by atoms with E-state index in [0.29, 0.717) is 5.69 Å². The average molecular weight is 209 g/mol. The number of rotatable bonds is 3. The van der Waals surface area contributed by atoms with Gasteiger partial charge in [0.05, 0.1) is 0 Å². The molecular formula is C13H11N3. The number of pyridine rings is 1. The molecule has 0 saturated carbocycles. The van der Waals surface area contributed by atoms with Gasteiger partial charge < -0.3 is 5.32 Å². The lowest BCUT2D eigenvalue weighted by molar-refractivity contribution is 1.14. The normalized spacial score (nSPS) is 9.44. The van der Waals surface area contributed by atoms with E-state index in [1.165, 1.54) is 5.56 Å². The number of hydrogen-bond donors (Lipinski definition) is 1. The Morgan fingerprint density at radius 1 is 1.19 bits per heavy atom. The molecule has 3 heteroatoms. The fourth-order valence-corrected chi connectivity index (χ4v) is 1.40. The summed E-state index contributed by atoms with van der Waals surface area (Å²) >= 11 is 0. The molecule has 1 N–H and O–H groups in total. The first-order valence-electron chi connectivity index (χ1n) is 5.02. The summed E-state index contributed by atoms with van der Waals surface area (Å²) in [5.74, 6) is 0. The fraction of sp³-hybridized carbons (Fsp3) is 0.0769. The minimum absolute atomic E-state index is 0.429. The summed E-state index contributed by atoms with van der Waals surface area (Å²) < 4.78 is 0. The first-order valence-corrected chi connectivity index (χ1v) is 5.02. The van der Waals surface area contributed by atoms with Gasteiger partial charge in [0.2, 0.25) is 0 Å². The molecule has 0 amide bonds. The highest BCUT2D eigenvalue weighted by Gasteiger charge is 1.95. The lowest BCUT2D eigenvalue weighted by Crippen LogP contribution is -1.99. The first-order chi connectivity index (χ1) is 7.88. The Balaban J connectivity index is 2.03. The minimum Gasteiger partial charge on any atom is -0.381 e. The van der Waals surface area contributed by atoms with Crippen LogP contribution in [0.5, 0.6) is 0 Å². The summed E-state index contributed by atoms with van der Waals surface area (Å²) in [5, 5.41) is 12.0. The number of anilines is 1. The number of benzene rings is 1. The zero-order valence-corrected chi connectivity index (χ0v) is 8.72. The van der Waals surface area contributed by atoms with Gasteiger partial charge in [-0.15, -0.1) is 0 Å². The van der Waals surface area contributed by atoms with E-state index < -0.39 is 0 Å². The molecule has 16 heavy (non-hydrogen) atoms. The lowest BCUT2D eigenvalue weighted by Gasteiger charge is -2.05. The number of nitriles is 1. The molecule has 1 heterocycles. The van der Waals surface area contributed by atoms with Crippen molar-refractivity contribution in [3.05, 3.63) is 59.9 Å². The van der Waals surface area contributed by atoms with Crippen LogP contribution in [0.25, 0.3) is 0 Å². The van der Waals surface area contributed by atoms with E-state index in [0.717, 1.165) is 12.2 Å². The Hall–Kier alpha value is -2.34. The van der Waals surface area contributed by atoms with E-state index in [2.05, 4.69) is 22.4 Å². The van der Waals surface area contributed by atoms with Gasteiger partial charge in [0.25, 0.3) is 0 Å². The van der Waals surface area contributed by atoms with Crippen molar-refractivity contribution in [1.29, 1.82) is 5.26 Å². The summed E-state index contributed by atoms with van der Waals surface area (Å²) in [6, 6.07) is 15.7. The zero-order chi connectivity index (χ0) is 11.2. The predicted molar refractivity (Wildman–Crippen MR) is 62.7 cm³/mol. The highest BCUT2D eigenvalue weighted by Crippen LogP contribution is 2.09. The van der Waals surface area contributed by atoms with Crippen LogP contribution in [0.15, 0.2) is 48.7 Å². The van der Waals surface area contributed by atoms with E-state index in [1.807, 2.05) is 30.3 Å². The van der Waals surface area contributed by atoms with Gasteiger partial charge in [-0.2, -0.15) is 5.26 Å². The van der Waals surface area contributed by atoms with Crippen molar-refractivity contribution in [2.24, 2.45) is 0 Å². The van der Waals surface area contributed by atoms with Gasteiger partial charge in [0, 0.05) is 18.4 Å². The van der Waals surface area contributed by atoms with Crippen LogP contribution in [-0.2, 0) is 6.54 Å². The Morgan fingerprint density at radius 3 is 2.75 bits per heavy atom. The Bertz CT molecular complexity index is 500. The first kappa shape index (κ1) is 10.2. The molecule has 0 aliphatic rings. The number of hydrogen-bond acceptors (Lipinski definition) is 3. The molecule has 0 unspecified atom stereocenters. The van der Waals surface area contributed by atoms with Gasteiger partial charge in [-0.25, -0.2) is 4.98 Å². The molecule has 0 spiro atoms. The largest absolute Gasteiger partial charge is 0.381 e. The maximum atomic E-state index is 8.71. The summed E-state index contributed by atoms with van der Waals surface area (Å²) in [5.41, 5.74) is 2.55. The van der Waals surface area contributed by atoms with Crippen molar-refractivity contribution in [3.63, 3.8) is 0 Å². The summed E-state index contributed by atoms with van der Waals surface area (Å²) in [6.07, 6.45) is 1.63.